The van der Waals surface area contributed by atoms with E-state index in [1.165, 1.54) is 0 Å². The molecule has 2 N–H and O–H groups in total. The maximum absolute atomic E-state index is 5.80. The zero-order valence-electron chi connectivity index (χ0n) is 14.9. The predicted molar refractivity (Wildman–Crippen MR) is 101 cm³/mol. The summed E-state index contributed by atoms with van der Waals surface area (Å²) in [5.74, 6) is 0.845. The highest BCUT2D eigenvalue weighted by Gasteiger charge is 2.18. The second-order valence-electron chi connectivity index (χ2n) is 6.31. The molecule has 0 radical (unpaired) electrons. The molecule has 0 aliphatic carbocycles. The SMILES string of the molecule is CN=C(NCCc1ccc(Cl)nc1)NCC(C)N1CCN(C)CC1. The average molecular weight is 353 g/mol. The van der Waals surface area contributed by atoms with E-state index in [1.807, 2.05) is 18.3 Å². The summed E-state index contributed by atoms with van der Waals surface area (Å²) < 4.78 is 0. The van der Waals surface area contributed by atoms with Crippen LogP contribution in [-0.4, -0.2) is 80.1 Å². The number of aliphatic imine (C=N–C) groups is 1. The van der Waals surface area contributed by atoms with E-state index in [-0.39, 0.29) is 0 Å². The Labute approximate surface area is 150 Å². The summed E-state index contributed by atoms with van der Waals surface area (Å²) in [5, 5.41) is 7.30. The molecule has 1 aliphatic heterocycles. The van der Waals surface area contributed by atoms with E-state index in [4.69, 9.17) is 11.6 Å². The minimum atomic E-state index is 0.498. The van der Waals surface area contributed by atoms with Crippen molar-refractivity contribution in [2.75, 3.05) is 53.4 Å². The summed E-state index contributed by atoms with van der Waals surface area (Å²) in [6.45, 7) is 8.53. The smallest absolute Gasteiger partial charge is 0.191 e. The molecule has 0 amide bonds. The van der Waals surface area contributed by atoms with E-state index >= 15 is 0 Å². The summed E-state index contributed by atoms with van der Waals surface area (Å²) >= 11 is 5.80. The van der Waals surface area contributed by atoms with Gasteiger partial charge in [0.15, 0.2) is 5.96 Å². The summed E-state index contributed by atoms with van der Waals surface area (Å²) in [6.07, 6.45) is 2.70. The minimum Gasteiger partial charge on any atom is -0.356 e. The van der Waals surface area contributed by atoms with Crippen LogP contribution in [0.25, 0.3) is 0 Å². The number of likely N-dealkylation sites (N-methyl/N-ethyl adjacent to an activating group) is 1. The summed E-state index contributed by atoms with van der Waals surface area (Å²) in [7, 11) is 3.99. The number of halogens is 1. The molecule has 7 heteroatoms. The molecule has 1 fully saturated rings. The van der Waals surface area contributed by atoms with Gasteiger partial charge in [-0.3, -0.25) is 9.89 Å². The van der Waals surface area contributed by atoms with E-state index in [0.29, 0.717) is 11.2 Å². The van der Waals surface area contributed by atoms with Gasteiger partial charge in [0.05, 0.1) is 0 Å². The third-order valence-corrected chi connectivity index (χ3v) is 4.67. The molecular weight excluding hydrogens is 324 g/mol. The van der Waals surface area contributed by atoms with E-state index in [1.54, 1.807) is 7.05 Å². The quantitative estimate of drug-likeness (QED) is 0.456. The number of nitrogens with one attached hydrogen (secondary N) is 2. The van der Waals surface area contributed by atoms with Crippen molar-refractivity contribution >= 4 is 17.6 Å². The molecular formula is C17H29ClN6. The molecule has 1 aliphatic rings. The van der Waals surface area contributed by atoms with E-state index < -0.39 is 0 Å². The van der Waals surface area contributed by atoms with Crippen LogP contribution in [0.2, 0.25) is 5.15 Å². The van der Waals surface area contributed by atoms with Crippen LogP contribution >= 0.6 is 11.6 Å². The van der Waals surface area contributed by atoms with Crippen LogP contribution in [0.1, 0.15) is 12.5 Å². The summed E-state index contributed by atoms with van der Waals surface area (Å²) in [4.78, 5) is 13.3. The van der Waals surface area contributed by atoms with Gasteiger partial charge in [-0.25, -0.2) is 4.98 Å². The fraction of sp³-hybridized carbons (Fsp3) is 0.647. The molecule has 0 spiro atoms. The number of hydrogen-bond acceptors (Lipinski definition) is 4. The van der Waals surface area contributed by atoms with Crippen LogP contribution in [0, 0.1) is 0 Å². The van der Waals surface area contributed by atoms with Gasteiger partial charge < -0.3 is 15.5 Å². The molecule has 134 valence electrons. The molecule has 2 rings (SSSR count). The average Bonchev–Trinajstić information content (AvgIpc) is 2.60. The normalized spacial score (nSPS) is 18.4. The van der Waals surface area contributed by atoms with Crippen LogP contribution in [0.5, 0.6) is 0 Å². The minimum absolute atomic E-state index is 0.498. The van der Waals surface area contributed by atoms with Crippen molar-refractivity contribution in [1.29, 1.82) is 0 Å². The Bertz CT molecular complexity index is 510. The van der Waals surface area contributed by atoms with Crippen LogP contribution < -0.4 is 10.6 Å². The zero-order chi connectivity index (χ0) is 17.4. The Kier molecular flexibility index (Phi) is 7.75. The van der Waals surface area contributed by atoms with E-state index in [2.05, 4.69) is 44.4 Å². The summed E-state index contributed by atoms with van der Waals surface area (Å²) in [6, 6.07) is 4.32. The highest BCUT2D eigenvalue weighted by molar-refractivity contribution is 6.29. The van der Waals surface area contributed by atoms with Crippen LogP contribution in [0.15, 0.2) is 23.3 Å². The lowest BCUT2D eigenvalue weighted by molar-refractivity contribution is 0.120. The van der Waals surface area contributed by atoms with Gasteiger partial charge in [0.25, 0.3) is 0 Å². The molecule has 0 saturated carbocycles. The fourth-order valence-electron chi connectivity index (χ4n) is 2.74. The van der Waals surface area contributed by atoms with Crippen molar-refractivity contribution in [1.82, 2.24) is 25.4 Å². The maximum atomic E-state index is 5.80. The fourth-order valence-corrected chi connectivity index (χ4v) is 2.85. The lowest BCUT2D eigenvalue weighted by Crippen LogP contribution is -2.52. The highest BCUT2D eigenvalue weighted by Crippen LogP contribution is 2.05. The van der Waals surface area contributed by atoms with Gasteiger partial charge in [-0.2, -0.15) is 0 Å². The maximum Gasteiger partial charge on any atom is 0.191 e. The van der Waals surface area contributed by atoms with Gasteiger partial charge in [0.2, 0.25) is 0 Å². The van der Waals surface area contributed by atoms with Crippen molar-refractivity contribution in [3.8, 4) is 0 Å². The van der Waals surface area contributed by atoms with E-state index in [0.717, 1.165) is 57.2 Å². The van der Waals surface area contributed by atoms with Crippen molar-refractivity contribution in [3.05, 3.63) is 29.0 Å². The molecule has 1 unspecified atom stereocenters. The third kappa shape index (κ3) is 6.26. The third-order valence-electron chi connectivity index (χ3n) is 4.44. The zero-order valence-corrected chi connectivity index (χ0v) is 15.7. The Balaban J connectivity index is 1.67. The second kappa shape index (κ2) is 9.81. The Morgan fingerprint density at radius 1 is 1.29 bits per heavy atom. The highest BCUT2D eigenvalue weighted by atomic mass is 35.5. The van der Waals surface area contributed by atoms with Gasteiger partial charge in [-0.1, -0.05) is 17.7 Å². The first kappa shape index (κ1) is 19.0. The van der Waals surface area contributed by atoms with Crippen molar-refractivity contribution < 1.29 is 0 Å². The predicted octanol–water partition coefficient (Wildman–Crippen LogP) is 1.08. The second-order valence-corrected chi connectivity index (χ2v) is 6.69. The van der Waals surface area contributed by atoms with Gasteiger partial charge >= 0.3 is 0 Å². The number of guanidine groups is 1. The molecule has 1 aromatic rings. The Hall–Kier alpha value is -1.37. The molecule has 24 heavy (non-hydrogen) atoms. The first-order chi connectivity index (χ1) is 11.6. The Morgan fingerprint density at radius 2 is 2.04 bits per heavy atom. The molecule has 2 heterocycles. The summed E-state index contributed by atoms with van der Waals surface area (Å²) in [5.41, 5.74) is 1.16. The topological polar surface area (TPSA) is 55.8 Å². The van der Waals surface area contributed by atoms with Gasteiger partial charge in [0, 0.05) is 58.6 Å². The largest absolute Gasteiger partial charge is 0.356 e. The van der Waals surface area contributed by atoms with Crippen molar-refractivity contribution in [2.24, 2.45) is 4.99 Å². The van der Waals surface area contributed by atoms with Crippen LogP contribution in [0.3, 0.4) is 0 Å². The molecule has 0 aromatic carbocycles. The molecule has 0 bridgehead atoms. The lowest BCUT2D eigenvalue weighted by atomic mass is 10.2. The van der Waals surface area contributed by atoms with E-state index in [9.17, 15) is 0 Å². The molecule has 6 nitrogen and oxygen atoms in total. The van der Waals surface area contributed by atoms with Gasteiger partial charge in [0.1, 0.15) is 5.15 Å². The molecule has 1 aromatic heterocycles. The number of pyridine rings is 1. The standard InChI is InChI=1S/C17H29ClN6/c1-14(24-10-8-23(3)9-11-24)12-22-17(19-2)20-7-6-15-4-5-16(18)21-13-15/h4-5,13-14H,6-12H2,1-3H3,(H2,19,20,22). The monoisotopic (exact) mass is 352 g/mol. The number of nitrogens with zero attached hydrogens (tertiary/aromatic N) is 4. The van der Waals surface area contributed by atoms with Crippen molar-refractivity contribution in [3.63, 3.8) is 0 Å². The Morgan fingerprint density at radius 3 is 2.67 bits per heavy atom. The van der Waals surface area contributed by atoms with Gasteiger partial charge in [-0.15, -0.1) is 0 Å². The lowest BCUT2D eigenvalue weighted by Gasteiger charge is -2.36. The number of aromatic nitrogens is 1. The first-order valence-corrected chi connectivity index (χ1v) is 8.94. The van der Waals surface area contributed by atoms with Crippen molar-refractivity contribution in [2.45, 2.75) is 19.4 Å². The number of rotatable bonds is 6. The van der Waals surface area contributed by atoms with Crippen LogP contribution in [0.4, 0.5) is 0 Å². The molecule has 1 atom stereocenters. The van der Waals surface area contributed by atoms with Gasteiger partial charge in [-0.05, 0) is 32.0 Å². The molecule has 1 saturated heterocycles. The van der Waals surface area contributed by atoms with Crippen LogP contribution in [-0.2, 0) is 6.42 Å². The number of hydrogen-bond donors (Lipinski definition) is 2. The number of piperazine rings is 1. The first-order valence-electron chi connectivity index (χ1n) is 8.56.